The van der Waals surface area contributed by atoms with E-state index < -0.39 is 0 Å². The third-order valence-corrected chi connectivity index (χ3v) is 5.49. The molecule has 1 saturated heterocycles. The fourth-order valence-corrected chi connectivity index (χ4v) is 4.49. The highest BCUT2D eigenvalue weighted by Gasteiger charge is 2.34. The van der Waals surface area contributed by atoms with E-state index in [2.05, 4.69) is 12.2 Å². The van der Waals surface area contributed by atoms with Gasteiger partial charge in [0.25, 0.3) is 0 Å². The zero-order chi connectivity index (χ0) is 18.2. The van der Waals surface area contributed by atoms with E-state index in [0.29, 0.717) is 5.92 Å². The molecular weight excluding hydrogens is 318 g/mol. The van der Waals surface area contributed by atoms with E-state index in [0.717, 1.165) is 44.9 Å². The van der Waals surface area contributed by atoms with E-state index in [1.807, 2.05) is 0 Å². The van der Waals surface area contributed by atoms with Crippen LogP contribution in [-0.4, -0.2) is 36.2 Å². The Labute approximate surface area is 152 Å². The number of hydrogen-bond acceptors (Lipinski definition) is 4. The smallest absolute Gasteiger partial charge is 0.302 e. The summed E-state index contributed by atoms with van der Waals surface area (Å²) in [5.41, 5.74) is 0. The summed E-state index contributed by atoms with van der Waals surface area (Å²) in [4.78, 5) is 23.1. The average Bonchev–Trinajstić information content (AvgIpc) is 2.54. The Kier molecular flexibility index (Phi) is 8.20. The van der Waals surface area contributed by atoms with Gasteiger partial charge in [-0.15, -0.1) is 0 Å². The molecule has 5 nitrogen and oxygen atoms in total. The standard InChI is InChI=1S/C20H35NO4/c1-4-8-18-11-17(21-14(2)22)12-19(25-18)13-20(24-15(3)23)16-9-6-5-7-10-16/h16-20H,4-13H2,1-3H3,(H,21,22)/t17?,18-,19-,20+/m0/s1. The topological polar surface area (TPSA) is 64.6 Å². The first kappa shape index (κ1) is 20.2. The molecule has 0 radical (unpaired) electrons. The van der Waals surface area contributed by atoms with Gasteiger partial charge in [-0.05, 0) is 38.0 Å². The molecule has 1 saturated carbocycles. The number of hydrogen-bond donors (Lipinski definition) is 1. The van der Waals surface area contributed by atoms with E-state index in [4.69, 9.17) is 9.47 Å². The number of esters is 1. The molecule has 1 amide bonds. The molecule has 0 aromatic carbocycles. The van der Waals surface area contributed by atoms with Gasteiger partial charge >= 0.3 is 5.97 Å². The van der Waals surface area contributed by atoms with Gasteiger partial charge in [-0.3, -0.25) is 9.59 Å². The van der Waals surface area contributed by atoms with E-state index in [1.54, 1.807) is 6.92 Å². The summed E-state index contributed by atoms with van der Waals surface area (Å²) >= 11 is 0. The summed E-state index contributed by atoms with van der Waals surface area (Å²) in [6.45, 7) is 5.23. The summed E-state index contributed by atoms with van der Waals surface area (Å²) in [6.07, 6.45) is 10.7. The third kappa shape index (κ3) is 6.96. The van der Waals surface area contributed by atoms with Crippen molar-refractivity contribution in [3.8, 4) is 0 Å². The fraction of sp³-hybridized carbons (Fsp3) is 0.900. The van der Waals surface area contributed by atoms with Gasteiger partial charge in [0.1, 0.15) is 6.10 Å². The summed E-state index contributed by atoms with van der Waals surface area (Å²) in [7, 11) is 0. The number of rotatable bonds is 7. The average molecular weight is 354 g/mol. The monoisotopic (exact) mass is 353 g/mol. The van der Waals surface area contributed by atoms with Gasteiger partial charge in [0.05, 0.1) is 12.2 Å². The predicted molar refractivity (Wildman–Crippen MR) is 97.2 cm³/mol. The molecule has 1 aliphatic heterocycles. The van der Waals surface area contributed by atoms with Crippen LogP contribution in [0.25, 0.3) is 0 Å². The summed E-state index contributed by atoms with van der Waals surface area (Å²) in [6, 6.07) is 0.164. The molecule has 1 heterocycles. The zero-order valence-electron chi connectivity index (χ0n) is 16.1. The largest absolute Gasteiger partial charge is 0.462 e. The van der Waals surface area contributed by atoms with Crippen molar-refractivity contribution in [3.05, 3.63) is 0 Å². The second-order valence-electron chi connectivity index (χ2n) is 7.82. The second kappa shape index (κ2) is 10.1. The molecule has 2 aliphatic rings. The van der Waals surface area contributed by atoms with Crippen LogP contribution in [0.15, 0.2) is 0 Å². The quantitative estimate of drug-likeness (QED) is 0.708. The zero-order valence-corrected chi connectivity index (χ0v) is 16.1. The molecule has 25 heavy (non-hydrogen) atoms. The van der Waals surface area contributed by atoms with Crippen LogP contribution in [0, 0.1) is 5.92 Å². The maximum Gasteiger partial charge on any atom is 0.302 e. The fourth-order valence-electron chi connectivity index (χ4n) is 4.49. The SMILES string of the molecule is CCC[C@H]1CC(NC(C)=O)C[C@@H](C[C@@H](OC(C)=O)C2CCCCC2)O1. The Morgan fingerprint density at radius 3 is 2.40 bits per heavy atom. The molecular formula is C20H35NO4. The van der Waals surface area contributed by atoms with Crippen molar-refractivity contribution >= 4 is 11.9 Å². The maximum absolute atomic E-state index is 11.6. The maximum atomic E-state index is 11.6. The molecule has 0 bridgehead atoms. The lowest BCUT2D eigenvalue weighted by atomic mass is 9.82. The van der Waals surface area contributed by atoms with Crippen molar-refractivity contribution in [1.29, 1.82) is 0 Å². The second-order valence-corrected chi connectivity index (χ2v) is 7.82. The molecule has 2 rings (SSSR count). The molecule has 0 aromatic rings. The number of carbonyl (C=O) groups excluding carboxylic acids is 2. The van der Waals surface area contributed by atoms with Crippen molar-refractivity contribution in [2.24, 2.45) is 5.92 Å². The van der Waals surface area contributed by atoms with Crippen LogP contribution in [0.2, 0.25) is 0 Å². The lowest BCUT2D eigenvalue weighted by molar-refractivity contribution is -0.155. The normalized spacial score (nSPS) is 29.0. The number of ether oxygens (including phenoxy) is 2. The Balaban J connectivity index is 2.00. The van der Waals surface area contributed by atoms with Crippen LogP contribution < -0.4 is 5.32 Å². The van der Waals surface area contributed by atoms with Gasteiger partial charge in [0.15, 0.2) is 0 Å². The molecule has 0 spiro atoms. The van der Waals surface area contributed by atoms with Gasteiger partial charge < -0.3 is 14.8 Å². The van der Waals surface area contributed by atoms with E-state index in [1.165, 1.54) is 26.2 Å². The van der Waals surface area contributed by atoms with Crippen LogP contribution in [0.1, 0.15) is 85.0 Å². The minimum atomic E-state index is -0.199. The lowest BCUT2D eigenvalue weighted by Gasteiger charge is -2.39. The van der Waals surface area contributed by atoms with E-state index in [9.17, 15) is 9.59 Å². The first-order valence-corrected chi connectivity index (χ1v) is 10.1. The Bertz CT molecular complexity index is 433. The van der Waals surface area contributed by atoms with Crippen LogP contribution in [-0.2, 0) is 19.1 Å². The molecule has 1 N–H and O–H groups in total. The lowest BCUT2D eigenvalue weighted by Crippen LogP contribution is -2.46. The summed E-state index contributed by atoms with van der Waals surface area (Å²) in [5, 5.41) is 3.07. The van der Waals surface area contributed by atoms with Crippen LogP contribution in [0.5, 0.6) is 0 Å². The Morgan fingerprint density at radius 2 is 1.80 bits per heavy atom. The molecule has 4 atom stereocenters. The van der Waals surface area contributed by atoms with Crippen molar-refractivity contribution < 1.29 is 19.1 Å². The van der Waals surface area contributed by atoms with Crippen molar-refractivity contribution in [2.45, 2.75) is 109 Å². The summed E-state index contributed by atoms with van der Waals surface area (Å²) < 4.78 is 12.0. The van der Waals surface area contributed by atoms with Gasteiger partial charge in [0, 0.05) is 26.3 Å². The highest BCUT2D eigenvalue weighted by atomic mass is 16.5. The highest BCUT2D eigenvalue weighted by molar-refractivity contribution is 5.73. The van der Waals surface area contributed by atoms with Crippen molar-refractivity contribution in [2.75, 3.05) is 0 Å². The van der Waals surface area contributed by atoms with Crippen molar-refractivity contribution in [3.63, 3.8) is 0 Å². The molecule has 2 fully saturated rings. The van der Waals surface area contributed by atoms with Gasteiger partial charge in [0.2, 0.25) is 5.91 Å². The summed E-state index contributed by atoms with van der Waals surface area (Å²) in [5.74, 6) is 0.270. The Hall–Kier alpha value is -1.10. The minimum absolute atomic E-state index is 0.0183. The van der Waals surface area contributed by atoms with Gasteiger partial charge in [-0.1, -0.05) is 32.6 Å². The molecule has 5 heteroatoms. The third-order valence-electron chi connectivity index (χ3n) is 5.49. The number of nitrogens with one attached hydrogen (secondary N) is 1. The highest BCUT2D eigenvalue weighted by Crippen LogP contribution is 2.33. The first-order valence-electron chi connectivity index (χ1n) is 10.1. The van der Waals surface area contributed by atoms with Crippen LogP contribution in [0.4, 0.5) is 0 Å². The van der Waals surface area contributed by atoms with Gasteiger partial charge in [-0.2, -0.15) is 0 Å². The number of carbonyl (C=O) groups is 2. The molecule has 1 aliphatic carbocycles. The van der Waals surface area contributed by atoms with Crippen molar-refractivity contribution in [1.82, 2.24) is 5.32 Å². The van der Waals surface area contributed by atoms with E-state index >= 15 is 0 Å². The molecule has 144 valence electrons. The van der Waals surface area contributed by atoms with Gasteiger partial charge in [-0.25, -0.2) is 0 Å². The first-order chi connectivity index (χ1) is 12.0. The van der Waals surface area contributed by atoms with Crippen LogP contribution >= 0.6 is 0 Å². The van der Waals surface area contributed by atoms with Crippen LogP contribution in [0.3, 0.4) is 0 Å². The molecule has 1 unspecified atom stereocenters. The van der Waals surface area contributed by atoms with E-state index in [-0.39, 0.29) is 36.2 Å². The molecule has 0 aromatic heterocycles. The number of amides is 1. The minimum Gasteiger partial charge on any atom is -0.462 e. The Morgan fingerprint density at radius 1 is 1.12 bits per heavy atom. The predicted octanol–water partition coefficient (Wildman–Crippen LogP) is 3.74.